The van der Waals surface area contributed by atoms with Crippen LogP contribution in [0.15, 0.2) is 41.3 Å². The molecule has 2 saturated heterocycles. The van der Waals surface area contributed by atoms with Gasteiger partial charge in [0.2, 0.25) is 15.9 Å². The molecule has 2 fully saturated rings. The minimum atomic E-state index is -4.23. The number of piperazine rings is 1. The first kappa shape index (κ1) is 30.1. The van der Waals surface area contributed by atoms with E-state index < -0.39 is 32.5 Å². The van der Waals surface area contributed by atoms with Gasteiger partial charge in [-0.25, -0.2) is 17.2 Å². The molecule has 12 nitrogen and oxygen atoms in total. The van der Waals surface area contributed by atoms with Crippen molar-refractivity contribution in [1.29, 1.82) is 0 Å². The fourth-order valence-corrected chi connectivity index (χ4v) is 7.26. The number of hydrogen-bond donors (Lipinski definition) is 4. The summed E-state index contributed by atoms with van der Waals surface area (Å²) in [6.07, 6.45) is 1.84. The lowest BCUT2D eigenvalue weighted by Crippen LogP contribution is -2.44. The lowest BCUT2D eigenvalue weighted by Gasteiger charge is -2.34. The molecule has 0 radical (unpaired) electrons. The molecule has 4 heterocycles. The van der Waals surface area contributed by atoms with E-state index in [0.29, 0.717) is 29.4 Å². The molecule has 44 heavy (non-hydrogen) atoms. The number of aromatic nitrogens is 2. The quantitative estimate of drug-likeness (QED) is 0.312. The van der Waals surface area contributed by atoms with Gasteiger partial charge in [0.15, 0.2) is 5.82 Å². The third-order valence-corrected chi connectivity index (χ3v) is 10.2. The number of hydrogen-bond acceptors (Lipinski definition) is 8. The first-order valence-electron chi connectivity index (χ1n) is 14.5. The fourth-order valence-electron chi connectivity index (χ4n) is 5.80. The highest BCUT2D eigenvalue weighted by atomic mass is 32.2. The molecule has 0 aliphatic carbocycles. The first-order chi connectivity index (χ1) is 21.1. The molecule has 15 heteroatoms. The van der Waals surface area contributed by atoms with Crippen LogP contribution in [0.4, 0.5) is 26.0 Å². The SMILES string of the molecule is CN1CCN(c2ccc(C(=O)Nc3n[nH]c4c3CN(S(=O)(=O)c3cc(F)cc(F)c3)CC4)c(NC(=O)[C@@H]3CCCN3)c2)CC1. The van der Waals surface area contributed by atoms with E-state index in [-0.39, 0.29) is 42.8 Å². The normalized spacial score (nSPS) is 19.5. The van der Waals surface area contributed by atoms with Crippen LogP contribution >= 0.6 is 0 Å². The second-order valence-electron chi connectivity index (χ2n) is 11.3. The van der Waals surface area contributed by atoms with Crippen LogP contribution in [0.3, 0.4) is 0 Å². The maximum absolute atomic E-state index is 13.8. The molecule has 3 aliphatic rings. The molecule has 6 rings (SSSR count). The van der Waals surface area contributed by atoms with E-state index in [2.05, 4.69) is 43.0 Å². The van der Waals surface area contributed by atoms with Crippen molar-refractivity contribution < 1.29 is 26.8 Å². The zero-order valence-electron chi connectivity index (χ0n) is 24.2. The zero-order chi connectivity index (χ0) is 31.0. The number of H-pyrrole nitrogens is 1. The molecule has 1 atom stereocenters. The molecule has 3 aromatic rings. The second kappa shape index (κ2) is 12.2. The van der Waals surface area contributed by atoms with Crippen molar-refractivity contribution in [1.82, 2.24) is 24.7 Å². The maximum Gasteiger partial charge on any atom is 0.258 e. The van der Waals surface area contributed by atoms with E-state index in [1.165, 1.54) is 0 Å². The van der Waals surface area contributed by atoms with Crippen LogP contribution in [0.2, 0.25) is 0 Å². The Kier molecular flexibility index (Phi) is 8.37. The standard InChI is InChI=1S/C29H34F2N8O4S/c1-37-9-11-38(12-10-37)20-4-5-22(26(16-20)33-29(41)25-3-2-7-32-25)28(40)34-27-23-17-39(8-6-24(23)35-36-27)44(42,43)21-14-18(30)13-19(31)15-21/h4-5,13-16,25,32H,2-3,6-12,17H2,1H3,(H,33,41)(H2,34,35,36,40)/t25-/m0/s1. The zero-order valence-corrected chi connectivity index (χ0v) is 25.0. The average molecular weight is 629 g/mol. The van der Waals surface area contributed by atoms with Gasteiger partial charge in [-0.15, -0.1) is 0 Å². The summed E-state index contributed by atoms with van der Waals surface area (Å²) >= 11 is 0. The van der Waals surface area contributed by atoms with Crippen LogP contribution < -0.4 is 20.9 Å². The number of nitrogens with zero attached hydrogens (tertiary/aromatic N) is 4. The number of sulfonamides is 1. The number of rotatable bonds is 7. The van der Waals surface area contributed by atoms with Crippen LogP contribution in [0.5, 0.6) is 0 Å². The molecule has 1 aromatic heterocycles. The third-order valence-electron chi connectivity index (χ3n) is 8.36. The van der Waals surface area contributed by atoms with E-state index in [0.717, 1.165) is 61.3 Å². The average Bonchev–Trinajstić information content (AvgIpc) is 3.68. The molecular formula is C29H34F2N8O4S. The molecule has 234 valence electrons. The van der Waals surface area contributed by atoms with Crippen LogP contribution in [-0.2, 0) is 27.8 Å². The molecular weight excluding hydrogens is 594 g/mol. The van der Waals surface area contributed by atoms with E-state index in [1.807, 2.05) is 6.07 Å². The van der Waals surface area contributed by atoms with Crippen molar-refractivity contribution >= 4 is 39.0 Å². The Morgan fingerprint density at radius 3 is 2.45 bits per heavy atom. The number of fused-ring (bicyclic) bond motifs is 1. The number of halogens is 2. The number of likely N-dealkylation sites (N-methyl/N-ethyl adjacent to an activating group) is 1. The Hall–Kier alpha value is -3.92. The number of carbonyl (C=O) groups excluding carboxylic acids is 2. The monoisotopic (exact) mass is 628 g/mol. The van der Waals surface area contributed by atoms with Crippen LogP contribution in [0, 0.1) is 11.6 Å². The summed E-state index contributed by atoms with van der Waals surface area (Å²) in [5.41, 5.74) is 2.56. The lowest BCUT2D eigenvalue weighted by molar-refractivity contribution is -0.117. The largest absolute Gasteiger partial charge is 0.369 e. The van der Waals surface area contributed by atoms with Crippen molar-refractivity contribution in [3.63, 3.8) is 0 Å². The van der Waals surface area contributed by atoms with Crippen LogP contribution in [0.1, 0.15) is 34.5 Å². The summed E-state index contributed by atoms with van der Waals surface area (Å²) < 4.78 is 55.2. The highest BCUT2D eigenvalue weighted by Crippen LogP contribution is 2.31. The van der Waals surface area contributed by atoms with E-state index in [4.69, 9.17) is 0 Å². The number of nitrogens with one attached hydrogen (secondary N) is 4. The van der Waals surface area contributed by atoms with Gasteiger partial charge in [-0.3, -0.25) is 14.7 Å². The fraction of sp³-hybridized carbons (Fsp3) is 0.414. The molecule has 0 bridgehead atoms. The Morgan fingerprint density at radius 2 is 1.75 bits per heavy atom. The summed E-state index contributed by atoms with van der Waals surface area (Å²) in [4.78, 5) is 30.7. The molecule has 2 aromatic carbocycles. The van der Waals surface area contributed by atoms with Crippen LogP contribution in [0.25, 0.3) is 0 Å². The van der Waals surface area contributed by atoms with Gasteiger partial charge in [0.25, 0.3) is 5.91 Å². The van der Waals surface area contributed by atoms with Gasteiger partial charge in [0, 0.05) is 68.7 Å². The smallest absolute Gasteiger partial charge is 0.258 e. The van der Waals surface area contributed by atoms with Gasteiger partial charge in [0.1, 0.15) is 11.6 Å². The van der Waals surface area contributed by atoms with E-state index in [9.17, 15) is 26.8 Å². The Balaban J connectivity index is 1.24. The Morgan fingerprint density at radius 1 is 1.00 bits per heavy atom. The van der Waals surface area contributed by atoms with Gasteiger partial charge < -0.3 is 25.8 Å². The van der Waals surface area contributed by atoms with Crippen LogP contribution in [-0.4, -0.2) is 92.0 Å². The van der Waals surface area contributed by atoms with Crippen molar-refractivity contribution in [2.75, 3.05) is 61.8 Å². The predicted octanol–water partition coefficient (Wildman–Crippen LogP) is 2.13. The molecule has 0 unspecified atom stereocenters. The highest BCUT2D eigenvalue weighted by molar-refractivity contribution is 7.89. The number of anilines is 3. The van der Waals surface area contributed by atoms with Crippen molar-refractivity contribution in [3.8, 4) is 0 Å². The lowest BCUT2D eigenvalue weighted by atomic mass is 10.1. The number of benzene rings is 2. The van der Waals surface area contributed by atoms with Gasteiger partial charge >= 0.3 is 0 Å². The summed E-state index contributed by atoms with van der Waals surface area (Å²) in [6.45, 7) is 4.03. The number of aromatic amines is 1. The summed E-state index contributed by atoms with van der Waals surface area (Å²) in [7, 11) is -2.17. The Labute approximate surface area is 253 Å². The molecule has 3 aliphatic heterocycles. The minimum absolute atomic E-state index is 0.0577. The number of carbonyl (C=O) groups is 2. The van der Waals surface area contributed by atoms with Crippen molar-refractivity contribution in [2.45, 2.75) is 36.7 Å². The first-order valence-corrected chi connectivity index (χ1v) is 16.0. The van der Waals surface area contributed by atoms with Gasteiger partial charge in [-0.2, -0.15) is 9.40 Å². The van der Waals surface area contributed by atoms with Crippen molar-refractivity contribution in [2.24, 2.45) is 0 Å². The second-order valence-corrected chi connectivity index (χ2v) is 13.3. The Bertz CT molecular complexity index is 1660. The maximum atomic E-state index is 13.8. The van der Waals surface area contributed by atoms with Gasteiger partial charge in [-0.05, 0) is 56.8 Å². The molecule has 4 N–H and O–H groups in total. The predicted molar refractivity (Wildman–Crippen MR) is 160 cm³/mol. The molecule has 0 spiro atoms. The highest BCUT2D eigenvalue weighted by Gasteiger charge is 2.33. The third kappa shape index (κ3) is 6.18. The minimum Gasteiger partial charge on any atom is -0.369 e. The topological polar surface area (TPSA) is 143 Å². The summed E-state index contributed by atoms with van der Waals surface area (Å²) in [5.74, 6) is -2.62. The van der Waals surface area contributed by atoms with Gasteiger partial charge in [-0.1, -0.05) is 0 Å². The van der Waals surface area contributed by atoms with E-state index >= 15 is 0 Å². The van der Waals surface area contributed by atoms with E-state index in [1.54, 1.807) is 12.1 Å². The molecule has 0 saturated carbocycles. The van der Waals surface area contributed by atoms with Gasteiger partial charge in [0.05, 0.1) is 22.2 Å². The van der Waals surface area contributed by atoms with Crippen molar-refractivity contribution in [3.05, 3.63) is 64.9 Å². The summed E-state index contributed by atoms with van der Waals surface area (Å²) in [6, 6.07) is 7.11. The molecule has 2 amide bonds. The number of amides is 2. The summed E-state index contributed by atoms with van der Waals surface area (Å²) in [5, 5.41) is 16.0.